The number of aliphatic hydroxyl groups excluding tert-OH is 1. The molecule has 5 fully saturated rings. The standard InChI is InChI=1S/C30H52O10S2.2Na/c1-17(2)30(15-18(30)3)12-11-29(6,32)26-23(31)14-22-20-8-7-19-13-24(39-41(33,34)35)25(40-42(36,37)38)16-28(19,5)21(20)9-10-27(22,26)4;;/h17-26,31-32H,7-16H2,1-6H3,(H,33,34,35)(H,36,37,38);;/q;2*+1/p-2/t18?,19-,20?,21?,22?,23-,24-,25-,26-,27-,28-,29?,30?;;/m0../s1. The zero-order valence-corrected chi connectivity index (χ0v) is 33.5. The third kappa shape index (κ3) is 7.39. The topological polar surface area (TPSA) is 173 Å². The van der Waals surface area contributed by atoms with Crippen LogP contribution in [-0.2, 0) is 29.2 Å². The summed E-state index contributed by atoms with van der Waals surface area (Å²) in [6.45, 7) is 13.0. The molecule has 0 heterocycles. The summed E-state index contributed by atoms with van der Waals surface area (Å²) in [6, 6.07) is 0. The van der Waals surface area contributed by atoms with Gasteiger partial charge in [0.05, 0.1) is 11.7 Å². The minimum atomic E-state index is -5.17. The van der Waals surface area contributed by atoms with Crippen molar-refractivity contribution in [3.05, 3.63) is 0 Å². The number of fused-ring (bicyclic) bond motifs is 5. The molecule has 5 saturated carbocycles. The maximum atomic E-state index is 12.0. The van der Waals surface area contributed by atoms with Crippen LogP contribution >= 0.6 is 0 Å². The molecule has 0 spiro atoms. The van der Waals surface area contributed by atoms with Gasteiger partial charge in [-0.1, -0.05) is 34.6 Å². The van der Waals surface area contributed by atoms with Gasteiger partial charge in [-0.25, -0.2) is 16.8 Å². The molecule has 2 N–H and O–H groups in total. The Morgan fingerprint density at radius 3 is 2.00 bits per heavy atom. The van der Waals surface area contributed by atoms with Crippen molar-refractivity contribution in [3.63, 3.8) is 0 Å². The van der Waals surface area contributed by atoms with Crippen molar-refractivity contribution >= 4 is 20.8 Å². The zero-order valence-electron chi connectivity index (χ0n) is 27.8. The van der Waals surface area contributed by atoms with Gasteiger partial charge in [-0.3, -0.25) is 8.37 Å². The molecule has 14 heteroatoms. The van der Waals surface area contributed by atoms with Gasteiger partial charge in [-0.05, 0) is 123 Å². The molecule has 0 aromatic heterocycles. The first-order valence-corrected chi connectivity index (χ1v) is 18.5. The van der Waals surface area contributed by atoms with Gasteiger partial charge in [0.2, 0.25) is 20.8 Å². The van der Waals surface area contributed by atoms with E-state index in [-0.39, 0.29) is 112 Å². The van der Waals surface area contributed by atoms with Crippen molar-refractivity contribution in [1.82, 2.24) is 0 Å². The van der Waals surface area contributed by atoms with Crippen molar-refractivity contribution in [2.24, 2.45) is 57.7 Å². The van der Waals surface area contributed by atoms with Crippen LogP contribution in [0.3, 0.4) is 0 Å². The first kappa shape index (κ1) is 40.1. The van der Waals surface area contributed by atoms with Gasteiger partial charge in [0.15, 0.2) is 0 Å². The van der Waals surface area contributed by atoms with E-state index in [9.17, 15) is 36.2 Å². The first-order chi connectivity index (χ1) is 19.1. The summed E-state index contributed by atoms with van der Waals surface area (Å²) in [4.78, 5) is 0. The molecule has 5 rings (SSSR count). The third-order valence-corrected chi connectivity index (χ3v) is 14.5. The van der Waals surface area contributed by atoms with E-state index in [1.807, 2.05) is 6.92 Å². The van der Waals surface area contributed by atoms with Crippen LogP contribution in [-0.4, -0.2) is 60.1 Å². The van der Waals surface area contributed by atoms with Gasteiger partial charge < -0.3 is 19.3 Å². The Morgan fingerprint density at radius 1 is 0.909 bits per heavy atom. The molecule has 0 aromatic rings. The van der Waals surface area contributed by atoms with Crippen LogP contribution in [0, 0.1) is 57.7 Å². The fourth-order valence-corrected chi connectivity index (χ4v) is 12.5. The molecule has 0 radical (unpaired) electrons. The predicted molar refractivity (Wildman–Crippen MR) is 152 cm³/mol. The molecule has 0 amide bonds. The second-order valence-corrected chi connectivity index (χ2v) is 17.9. The van der Waals surface area contributed by atoms with Crippen molar-refractivity contribution in [1.29, 1.82) is 0 Å². The number of hydrogen-bond donors (Lipinski definition) is 2. The molecule has 0 bridgehead atoms. The number of hydrogen-bond acceptors (Lipinski definition) is 10. The molecule has 6 unspecified atom stereocenters. The summed E-state index contributed by atoms with van der Waals surface area (Å²) in [6.07, 6.45) is 3.42. The Kier molecular flexibility index (Phi) is 12.2. The van der Waals surface area contributed by atoms with Crippen LogP contribution in [0.25, 0.3) is 0 Å². The summed E-state index contributed by atoms with van der Waals surface area (Å²) >= 11 is 0. The fourth-order valence-electron chi connectivity index (χ4n) is 11.5. The molecular formula is C30H50Na2O10S2. The maximum absolute atomic E-state index is 12.0. The Morgan fingerprint density at radius 2 is 1.48 bits per heavy atom. The Balaban J connectivity index is 0.00000264. The monoisotopic (exact) mass is 680 g/mol. The Bertz CT molecular complexity index is 1260. The van der Waals surface area contributed by atoms with Crippen molar-refractivity contribution in [3.8, 4) is 0 Å². The molecule has 5 aliphatic carbocycles. The average Bonchev–Trinajstić information content (AvgIpc) is 3.40. The molecule has 44 heavy (non-hydrogen) atoms. The van der Waals surface area contributed by atoms with Gasteiger partial charge in [0.1, 0.15) is 12.2 Å². The Hall–Kier alpha value is 1.66. The van der Waals surface area contributed by atoms with E-state index < -0.39 is 50.1 Å². The van der Waals surface area contributed by atoms with Crippen LogP contribution in [0.15, 0.2) is 0 Å². The van der Waals surface area contributed by atoms with Gasteiger partial charge in [-0.15, -0.1) is 0 Å². The molecule has 0 saturated heterocycles. The van der Waals surface area contributed by atoms with Crippen molar-refractivity contribution in [2.75, 3.05) is 0 Å². The summed E-state index contributed by atoms with van der Waals surface area (Å²) in [5.41, 5.74) is -1.48. The summed E-state index contributed by atoms with van der Waals surface area (Å²) < 4.78 is 78.6. The summed E-state index contributed by atoms with van der Waals surface area (Å²) in [5, 5.41) is 23.5. The second-order valence-electron chi connectivity index (χ2n) is 15.9. The number of rotatable bonds is 9. The molecular weight excluding hydrogens is 630 g/mol. The quantitative estimate of drug-likeness (QED) is 0.160. The van der Waals surface area contributed by atoms with Gasteiger partial charge >= 0.3 is 59.1 Å². The molecule has 0 aliphatic heterocycles. The van der Waals surface area contributed by atoms with E-state index in [2.05, 4.69) is 34.6 Å². The first-order valence-electron chi connectivity index (χ1n) is 15.8. The van der Waals surface area contributed by atoms with Crippen LogP contribution in [0.4, 0.5) is 0 Å². The molecule has 0 aromatic carbocycles. The van der Waals surface area contributed by atoms with Crippen LogP contribution in [0.2, 0.25) is 0 Å². The molecule has 10 nitrogen and oxygen atoms in total. The van der Waals surface area contributed by atoms with Crippen LogP contribution in [0.5, 0.6) is 0 Å². The summed E-state index contributed by atoms with van der Waals surface area (Å²) in [7, 11) is -10.3. The molecule has 5 aliphatic rings. The van der Waals surface area contributed by atoms with Crippen LogP contribution < -0.4 is 59.1 Å². The van der Waals surface area contributed by atoms with Gasteiger partial charge in [0, 0.05) is 5.92 Å². The normalized spacial score (nSPS) is 46.5. The minimum Gasteiger partial charge on any atom is -0.726 e. The van der Waals surface area contributed by atoms with Crippen LogP contribution in [0.1, 0.15) is 106 Å². The second kappa shape index (κ2) is 13.4. The predicted octanol–water partition coefficient (Wildman–Crippen LogP) is -1.86. The van der Waals surface area contributed by atoms with Crippen molar-refractivity contribution in [2.45, 2.75) is 130 Å². The minimum absolute atomic E-state index is 0. The van der Waals surface area contributed by atoms with E-state index in [0.29, 0.717) is 24.7 Å². The SMILES string of the molecule is CC(C)C1(CCC(C)(O)[C@H]2[C@@H](O)CC3C4CC[C@H]5C[C@H](OS(=O)(=O)[O-])[C@@H](OS(=O)(=O)[O-])C[C@]5(C)C4CC[C@@]32C)CC1C.[Na+].[Na+]. The van der Waals surface area contributed by atoms with Gasteiger partial charge in [0.25, 0.3) is 0 Å². The van der Waals surface area contributed by atoms with Crippen molar-refractivity contribution < 1.29 is 104 Å². The third-order valence-electron chi connectivity index (χ3n) is 13.6. The average molecular weight is 681 g/mol. The fraction of sp³-hybridized carbons (Fsp3) is 1.00. The summed E-state index contributed by atoms with van der Waals surface area (Å²) in [5.74, 6) is 1.41. The Labute approximate surface area is 309 Å². The maximum Gasteiger partial charge on any atom is 1.00 e. The number of aliphatic hydroxyl groups is 2. The van der Waals surface area contributed by atoms with Gasteiger partial charge in [-0.2, -0.15) is 0 Å². The largest absolute Gasteiger partial charge is 1.00 e. The van der Waals surface area contributed by atoms with E-state index in [0.717, 1.165) is 32.1 Å². The molecule has 13 atom stereocenters. The van der Waals surface area contributed by atoms with E-state index in [4.69, 9.17) is 8.37 Å². The smallest absolute Gasteiger partial charge is 0.726 e. The van der Waals surface area contributed by atoms with E-state index in [1.54, 1.807) is 0 Å². The van der Waals surface area contributed by atoms with E-state index in [1.165, 1.54) is 6.42 Å². The molecule has 244 valence electrons. The van der Waals surface area contributed by atoms with E-state index >= 15 is 0 Å². The zero-order chi connectivity index (χ0) is 31.3.